The van der Waals surface area contributed by atoms with Gasteiger partial charge in [0.05, 0.1) is 6.61 Å². The van der Waals surface area contributed by atoms with Crippen LogP contribution in [0.1, 0.15) is 36.8 Å². The van der Waals surface area contributed by atoms with E-state index in [1.54, 1.807) is 0 Å². The van der Waals surface area contributed by atoms with Crippen molar-refractivity contribution < 1.29 is 19.4 Å². The minimum Gasteiger partial charge on any atom is -0.493 e. The molecule has 0 heterocycles. The van der Waals surface area contributed by atoms with E-state index in [2.05, 4.69) is 5.32 Å². The lowest BCUT2D eigenvalue weighted by atomic mass is 10.1. The van der Waals surface area contributed by atoms with Gasteiger partial charge >= 0.3 is 5.97 Å². The fourth-order valence-corrected chi connectivity index (χ4v) is 1.83. The van der Waals surface area contributed by atoms with E-state index in [1.807, 2.05) is 32.0 Å². The Balaban J connectivity index is 2.14. The minimum absolute atomic E-state index is 0.0649. The number of hydrogen-bond acceptors (Lipinski definition) is 3. The third-order valence-corrected chi connectivity index (χ3v) is 3.04. The summed E-state index contributed by atoms with van der Waals surface area (Å²) in [6.45, 7) is 4.90. The molecule has 0 radical (unpaired) electrons. The van der Waals surface area contributed by atoms with Crippen LogP contribution in [0.15, 0.2) is 18.2 Å². The maximum absolute atomic E-state index is 11.5. The number of amides is 1. The highest BCUT2D eigenvalue weighted by Crippen LogP contribution is 2.19. The van der Waals surface area contributed by atoms with E-state index >= 15 is 0 Å². The number of benzene rings is 1. The van der Waals surface area contributed by atoms with E-state index in [-0.39, 0.29) is 12.3 Å². The number of nitrogens with one attached hydrogen (secondary N) is 1. The molecule has 0 unspecified atom stereocenters. The van der Waals surface area contributed by atoms with Crippen molar-refractivity contribution in [2.24, 2.45) is 0 Å². The summed E-state index contributed by atoms with van der Waals surface area (Å²) in [5, 5.41) is 11.2. The van der Waals surface area contributed by atoms with Crippen molar-refractivity contribution in [2.75, 3.05) is 13.2 Å². The summed E-state index contributed by atoms with van der Waals surface area (Å²) >= 11 is 0. The molecule has 0 aliphatic rings. The van der Waals surface area contributed by atoms with Crippen LogP contribution in [-0.2, 0) is 9.59 Å². The van der Waals surface area contributed by atoms with Crippen LogP contribution in [0.5, 0.6) is 5.75 Å². The van der Waals surface area contributed by atoms with Crippen LogP contribution in [0.4, 0.5) is 0 Å². The zero-order valence-electron chi connectivity index (χ0n) is 12.6. The average molecular weight is 293 g/mol. The minimum atomic E-state index is -0.842. The zero-order valence-corrected chi connectivity index (χ0v) is 12.6. The summed E-state index contributed by atoms with van der Waals surface area (Å²) in [5.41, 5.74) is 2.23. The van der Waals surface area contributed by atoms with Crippen LogP contribution in [0.2, 0.25) is 0 Å². The van der Waals surface area contributed by atoms with Crippen LogP contribution in [0.3, 0.4) is 0 Å². The van der Waals surface area contributed by atoms with Gasteiger partial charge in [-0.2, -0.15) is 0 Å². The van der Waals surface area contributed by atoms with Crippen LogP contribution in [0, 0.1) is 13.8 Å². The molecule has 1 aromatic carbocycles. The molecule has 1 rings (SSSR count). The number of aryl methyl sites for hydroxylation is 2. The zero-order chi connectivity index (χ0) is 15.7. The molecule has 0 saturated carbocycles. The highest BCUT2D eigenvalue weighted by atomic mass is 16.5. The Morgan fingerprint density at radius 3 is 2.67 bits per heavy atom. The van der Waals surface area contributed by atoms with E-state index in [0.717, 1.165) is 16.9 Å². The fourth-order valence-electron chi connectivity index (χ4n) is 1.83. The van der Waals surface area contributed by atoms with E-state index in [4.69, 9.17) is 9.84 Å². The molecule has 0 fully saturated rings. The van der Waals surface area contributed by atoms with Crippen molar-refractivity contribution in [3.8, 4) is 5.75 Å². The van der Waals surface area contributed by atoms with Gasteiger partial charge in [0, 0.05) is 19.4 Å². The summed E-state index contributed by atoms with van der Waals surface area (Å²) in [7, 11) is 0. The lowest BCUT2D eigenvalue weighted by Gasteiger charge is -2.10. The molecule has 1 amide bonds. The topological polar surface area (TPSA) is 75.6 Å². The van der Waals surface area contributed by atoms with Gasteiger partial charge < -0.3 is 15.2 Å². The molecule has 0 spiro atoms. The van der Waals surface area contributed by atoms with Gasteiger partial charge in [0.2, 0.25) is 5.91 Å². The largest absolute Gasteiger partial charge is 0.493 e. The standard InChI is InChI=1S/C16H23NO4/c1-12-7-8-13(2)14(11-12)21-10-4-5-15(18)17-9-3-6-16(19)20/h7-8,11H,3-6,9-10H2,1-2H3,(H,17,18)(H,19,20). The Hall–Kier alpha value is -2.04. The fraction of sp³-hybridized carbons (Fsp3) is 0.500. The lowest BCUT2D eigenvalue weighted by Crippen LogP contribution is -2.25. The van der Waals surface area contributed by atoms with Crippen molar-refractivity contribution in [1.82, 2.24) is 5.32 Å². The van der Waals surface area contributed by atoms with Crippen molar-refractivity contribution >= 4 is 11.9 Å². The molecule has 0 bridgehead atoms. The molecule has 1 aromatic rings. The third-order valence-electron chi connectivity index (χ3n) is 3.04. The molecule has 21 heavy (non-hydrogen) atoms. The Morgan fingerprint density at radius 1 is 1.19 bits per heavy atom. The molecule has 0 aromatic heterocycles. The summed E-state index contributed by atoms with van der Waals surface area (Å²) in [4.78, 5) is 21.8. The normalized spacial score (nSPS) is 10.2. The average Bonchev–Trinajstić information content (AvgIpc) is 2.43. The SMILES string of the molecule is Cc1ccc(C)c(OCCCC(=O)NCCCC(=O)O)c1. The van der Waals surface area contributed by atoms with Gasteiger partial charge in [-0.1, -0.05) is 12.1 Å². The van der Waals surface area contributed by atoms with Gasteiger partial charge in [-0.15, -0.1) is 0 Å². The molecule has 116 valence electrons. The Morgan fingerprint density at radius 2 is 1.95 bits per heavy atom. The maximum atomic E-state index is 11.5. The number of hydrogen-bond donors (Lipinski definition) is 2. The Bertz CT molecular complexity index is 485. The number of ether oxygens (including phenoxy) is 1. The number of carbonyl (C=O) groups excluding carboxylic acids is 1. The predicted octanol–water partition coefficient (Wildman–Crippen LogP) is 2.44. The first kappa shape index (κ1) is 17.0. The van der Waals surface area contributed by atoms with E-state index in [9.17, 15) is 9.59 Å². The van der Waals surface area contributed by atoms with Gasteiger partial charge in [0.1, 0.15) is 5.75 Å². The van der Waals surface area contributed by atoms with Crippen molar-refractivity contribution in [3.63, 3.8) is 0 Å². The summed E-state index contributed by atoms with van der Waals surface area (Å²) < 4.78 is 5.67. The Kier molecular flexibility index (Phi) is 7.29. The quantitative estimate of drug-likeness (QED) is 0.686. The van der Waals surface area contributed by atoms with E-state index in [0.29, 0.717) is 32.4 Å². The Labute approximate surface area is 125 Å². The number of carboxylic acids is 1. The lowest BCUT2D eigenvalue weighted by molar-refractivity contribution is -0.137. The smallest absolute Gasteiger partial charge is 0.303 e. The molecule has 0 aliphatic carbocycles. The summed E-state index contributed by atoms with van der Waals surface area (Å²) in [6.07, 6.45) is 1.56. The van der Waals surface area contributed by atoms with Gasteiger partial charge in [0.25, 0.3) is 0 Å². The van der Waals surface area contributed by atoms with Crippen LogP contribution < -0.4 is 10.1 Å². The second-order valence-electron chi connectivity index (χ2n) is 5.07. The summed E-state index contributed by atoms with van der Waals surface area (Å²) in [5.74, 6) is -0.0482. The molecule has 0 atom stereocenters. The first-order chi connectivity index (χ1) is 9.99. The van der Waals surface area contributed by atoms with Crippen molar-refractivity contribution in [3.05, 3.63) is 29.3 Å². The van der Waals surface area contributed by atoms with Gasteiger partial charge in [0.15, 0.2) is 0 Å². The number of carboxylic acid groups (broad SMARTS) is 1. The predicted molar refractivity (Wildman–Crippen MR) is 80.5 cm³/mol. The van der Waals surface area contributed by atoms with E-state index in [1.165, 1.54) is 0 Å². The highest BCUT2D eigenvalue weighted by molar-refractivity contribution is 5.75. The van der Waals surface area contributed by atoms with Crippen LogP contribution >= 0.6 is 0 Å². The van der Waals surface area contributed by atoms with Crippen molar-refractivity contribution in [1.29, 1.82) is 0 Å². The molecular weight excluding hydrogens is 270 g/mol. The third kappa shape index (κ3) is 7.34. The number of carbonyl (C=O) groups is 2. The number of aliphatic carboxylic acids is 1. The van der Waals surface area contributed by atoms with Gasteiger partial charge in [-0.3, -0.25) is 9.59 Å². The van der Waals surface area contributed by atoms with Crippen molar-refractivity contribution in [2.45, 2.75) is 39.5 Å². The molecule has 5 nitrogen and oxygen atoms in total. The second kappa shape index (κ2) is 9.00. The maximum Gasteiger partial charge on any atom is 0.303 e. The monoisotopic (exact) mass is 293 g/mol. The van der Waals surface area contributed by atoms with Crippen LogP contribution in [-0.4, -0.2) is 30.1 Å². The second-order valence-corrected chi connectivity index (χ2v) is 5.07. The number of rotatable bonds is 9. The molecule has 5 heteroatoms. The molecule has 0 aliphatic heterocycles. The van der Waals surface area contributed by atoms with Gasteiger partial charge in [-0.25, -0.2) is 0 Å². The van der Waals surface area contributed by atoms with Crippen LogP contribution in [0.25, 0.3) is 0 Å². The summed E-state index contributed by atoms with van der Waals surface area (Å²) in [6, 6.07) is 6.04. The highest BCUT2D eigenvalue weighted by Gasteiger charge is 2.03. The molecule has 2 N–H and O–H groups in total. The first-order valence-corrected chi connectivity index (χ1v) is 7.17. The molecule has 0 saturated heterocycles. The first-order valence-electron chi connectivity index (χ1n) is 7.17. The van der Waals surface area contributed by atoms with E-state index < -0.39 is 5.97 Å². The molecular formula is C16H23NO4. The van der Waals surface area contributed by atoms with Gasteiger partial charge in [-0.05, 0) is 43.9 Å².